The summed E-state index contributed by atoms with van der Waals surface area (Å²) in [5, 5.41) is 4.22. The Balaban J connectivity index is 2.07. The molecule has 2 atom stereocenters. The number of hydrogen-bond donors (Lipinski definition) is 0. The Morgan fingerprint density at radius 1 is 1.37 bits per heavy atom. The van der Waals surface area contributed by atoms with Gasteiger partial charge in [0.15, 0.2) is 5.65 Å². The van der Waals surface area contributed by atoms with Crippen LogP contribution in [0.15, 0.2) is 12.3 Å². The first kappa shape index (κ1) is 12.1. The summed E-state index contributed by atoms with van der Waals surface area (Å²) in [6, 6.07) is 2.15. The zero-order valence-electron chi connectivity index (χ0n) is 11.7. The van der Waals surface area contributed by atoms with Crippen LogP contribution in [0.5, 0.6) is 0 Å². The van der Waals surface area contributed by atoms with Crippen LogP contribution in [0.4, 0.5) is 0 Å². The van der Waals surface area contributed by atoms with Gasteiger partial charge < -0.3 is 4.90 Å². The highest BCUT2D eigenvalue weighted by Crippen LogP contribution is 2.27. The van der Waals surface area contributed by atoms with Crippen LogP contribution >= 0.6 is 0 Å². The van der Waals surface area contributed by atoms with E-state index in [4.69, 9.17) is 0 Å². The molecule has 5 nitrogen and oxygen atoms in total. The van der Waals surface area contributed by atoms with E-state index in [9.17, 15) is 4.79 Å². The molecule has 0 radical (unpaired) electrons. The molecule has 0 aliphatic carbocycles. The smallest absolute Gasteiger partial charge is 0.257 e. The molecule has 3 heterocycles. The van der Waals surface area contributed by atoms with Gasteiger partial charge in [0, 0.05) is 18.7 Å². The minimum atomic E-state index is 0.0745. The first-order valence-electron chi connectivity index (χ1n) is 6.62. The maximum Gasteiger partial charge on any atom is 0.257 e. The summed E-state index contributed by atoms with van der Waals surface area (Å²) in [7, 11) is 0. The molecular formula is C14H18N4O. The van der Waals surface area contributed by atoms with Crippen LogP contribution in [0.3, 0.4) is 0 Å². The van der Waals surface area contributed by atoms with E-state index >= 15 is 0 Å². The minimum absolute atomic E-state index is 0.0745. The number of carbonyl (C=O) groups excluding carboxylic acids is 1. The van der Waals surface area contributed by atoms with Crippen molar-refractivity contribution in [2.75, 3.05) is 6.54 Å². The molecule has 1 saturated heterocycles. The lowest BCUT2D eigenvalue weighted by Gasteiger charge is -2.45. The van der Waals surface area contributed by atoms with Crippen LogP contribution in [-0.4, -0.2) is 38.0 Å². The van der Waals surface area contributed by atoms with E-state index in [1.165, 1.54) is 0 Å². The average Bonchev–Trinajstić information content (AvgIpc) is 2.83. The molecular weight excluding hydrogens is 240 g/mol. The van der Waals surface area contributed by atoms with Gasteiger partial charge >= 0.3 is 0 Å². The van der Waals surface area contributed by atoms with Crippen LogP contribution in [-0.2, 0) is 0 Å². The lowest BCUT2D eigenvalue weighted by atomic mass is 9.90. The molecule has 1 fully saturated rings. The highest BCUT2D eigenvalue weighted by atomic mass is 16.2. The number of rotatable bonds is 1. The zero-order chi connectivity index (χ0) is 13.7. The van der Waals surface area contributed by atoms with Gasteiger partial charge in [0.25, 0.3) is 5.91 Å². The molecule has 0 saturated carbocycles. The summed E-state index contributed by atoms with van der Waals surface area (Å²) in [5.74, 6) is 0.649. The van der Waals surface area contributed by atoms with Crippen molar-refractivity contribution < 1.29 is 4.79 Å². The van der Waals surface area contributed by atoms with E-state index in [1.54, 1.807) is 10.7 Å². The number of likely N-dealkylation sites (tertiary alicyclic amines) is 1. The van der Waals surface area contributed by atoms with Crippen molar-refractivity contribution >= 4 is 11.6 Å². The molecule has 1 aliphatic rings. The Hall–Kier alpha value is -1.91. The first-order valence-corrected chi connectivity index (χ1v) is 6.62. The molecule has 0 aromatic carbocycles. The van der Waals surface area contributed by atoms with Gasteiger partial charge in [0.05, 0.1) is 23.1 Å². The van der Waals surface area contributed by atoms with Gasteiger partial charge in [-0.1, -0.05) is 6.92 Å². The predicted molar refractivity (Wildman–Crippen MR) is 72.1 cm³/mol. The molecule has 100 valence electrons. The van der Waals surface area contributed by atoms with Crippen molar-refractivity contribution in [2.24, 2.45) is 5.92 Å². The molecule has 1 aliphatic heterocycles. The molecule has 1 amide bonds. The maximum atomic E-state index is 12.6. The van der Waals surface area contributed by atoms with E-state index in [0.29, 0.717) is 17.5 Å². The largest absolute Gasteiger partial charge is 0.335 e. The van der Waals surface area contributed by atoms with Crippen molar-refractivity contribution in [3.05, 3.63) is 29.2 Å². The van der Waals surface area contributed by atoms with Crippen LogP contribution < -0.4 is 0 Å². The molecule has 2 aromatic rings. The summed E-state index contributed by atoms with van der Waals surface area (Å²) in [4.78, 5) is 19.0. The normalized spacial score (nSPS) is 22.6. The van der Waals surface area contributed by atoms with Crippen molar-refractivity contribution in [1.29, 1.82) is 0 Å². The van der Waals surface area contributed by atoms with E-state index in [2.05, 4.69) is 23.9 Å². The molecule has 2 aromatic heterocycles. The third-order valence-electron chi connectivity index (χ3n) is 4.22. The second kappa shape index (κ2) is 4.05. The van der Waals surface area contributed by atoms with Crippen LogP contribution in [0.1, 0.15) is 35.6 Å². The highest BCUT2D eigenvalue weighted by molar-refractivity contribution is 5.97. The van der Waals surface area contributed by atoms with Gasteiger partial charge in [0.2, 0.25) is 0 Å². The first-order chi connectivity index (χ1) is 9.00. The Labute approximate surface area is 112 Å². The minimum Gasteiger partial charge on any atom is -0.335 e. The summed E-state index contributed by atoms with van der Waals surface area (Å²) in [6.07, 6.45) is 1.71. The summed E-state index contributed by atoms with van der Waals surface area (Å²) in [5.41, 5.74) is 3.12. The standard InChI is InChI=1S/C14H18N4O/c1-8-7-17(10(8)3)14(19)13-9(2)16-12-5-6-15-18(12)11(13)4/h5-6,8,10H,7H2,1-4H3. The maximum absolute atomic E-state index is 12.6. The van der Waals surface area contributed by atoms with Gasteiger partial charge in [-0.05, 0) is 26.7 Å². The summed E-state index contributed by atoms with van der Waals surface area (Å²) in [6.45, 7) is 8.91. The average molecular weight is 258 g/mol. The fraction of sp³-hybridized carbons (Fsp3) is 0.500. The van der Waals surface area contributed by atoms with Gasteiger partial charge in [-0.15, -0.1) is 0 Å². The van der Waals surface area contributed by atoms with E-state index in [1.807, 2.05) is 24.8 Å². The Morgan fingerprint density at radius 2 is 2.11 bits per heavy atom. The molecule has 19 heavy (non-hydrogen) atoms. The van der Waals surface area contributed by atoms with E-state index < -0.39 is 0 Å². The van der Waals surface area contributed by atoms with Gasteiger partial charge in [-0.2, -0.15) is 5.10 Å². The monoisotopic (exact) mass is 258 g/mol. The highest BCUT2D eigenvalue weighted by Gasteiger charge is 2.37. The second-order valence-electron chi connectivity index (χ2n) is 5.43. The lowest BCUT2D eigenvalue weighted by Crippen LogP contribution is -2.56. The SMILES string of the molecule is Cc1nc2ccnn2c(C)c1C(=O)N1CC(C)C1C. The molecule has 3 rings (SSSR count). The number of aromatic nitrogens is 3. The fourth-order valence-corrected chi connectivity index (χ4v) is 2.75. The predicted octanol–water partition coefficient (Wildman–Crippen LogP) is 1.83. The van der Waals surface area contributed by atoms with Crippen molar-refractivity contribution in [2.45, 2.75) is 33.7 Å². The topological polar surface area (TPSA) is 50.5 Å². The number of fused-ring (bicyclic) bond motifs is 1. The number of hydrogen-bond acceptors (Lipinski definition) is 3. The van der Waals surface area contributed by atoms with Crippen molar-refractivity contribution in [3.63, 3.8) is 0 Å². The molecule has 0 bridgehead atoms. The Kier molecular flexibility index (Phi) is 2.59. The summed E-state index contributed by atoms with van der Waals surface area (Å²) >= 11 is 0. The molecule has 2 unspecified atom stereocenters. The quantitative estimate of drug-likeness (QED) is 0.784. The number of nitrogens with zero attached hydrogens (tertiary/aromatic N) is 4. The van der Waals surface area contributed by atoms with Crippen molar-refractivity contribution in [3.8, 4) is 0 Å². The number of amides is 1. The van der Waals surface area contributed by atoms with Crippen LogP contribution in [0.25, 0.3) is 5.65 Å². The third kappa shape index (κ3) is 1.64. The number of carbonyl (C=O) groups is 1. The van der Waals surface area contributed by atoms with Crippen molar-refractivity contribution in [1.82, 2.24) is 19.5 Å². The Morgan fingerprint density at radius 3 is 2.74 bits per heavy atom. The zero-order valence-corrected chi connectivity index (χ0v) is 11.7. The van der Waals surface area contributed by atoms with Gasteiger partial charge in [-0.3, -0.25) is 4.79 Å². The molecule has 5 heteroatoms. The van der Waals surface area contributed by atoms with Gasteiger partial charge in [-0.25, -0.2) is 9.50 Å². The second-order valence-corrected chi connectivity index (χ2v) is 5.43. The fourth-order valence-electron chi connectivity index (χ4n) is 2.75. The van der Waals surface area contributed by atoms with Gasteiger partial charge in [0.1, 0.15) is 0 Å². The van der Waals surface area contributed by atoms with E-state index in [0.717, 1.165) is 23.6 Å². The molecule has 0 N–H and O–H groups in total. The number of aryl methyl sites for hydroxylation is 2. The summed E-state index contributed by atoms with van der Waals surface area (Å²) < 4.78 is 1.73. The van der Waals surface area contributed by atoms with E-state index in [-0.39, 0.29) is 5.91 Å². The van der Waals surface area contributed by atoms with Crippen LogP contribution in [0.2, 0.25) is 0 Å². The van der Waals surface area contributed by atoms with Crippen LogP contribution in [0, 0.1) is 19.8 Å². The lowest BCUT2D eigenvalue weighted by molar-refractivity contribution is 0.0267. The molecule has 0 spiro atoms. The third-order valence-corrected chi connectivity index (χ3v) is 4.22. The Bertz CT molecular complexity index is 661.